The molecule has 0 aliphatic rings. The van der Waals surface area contributed by atoms with Crippen molar-refractivity contribution in [3.05, 3.63) is 0 Å². The first-order valence-electron chi connectivity index (χ1n) is 1.86. The second-order valence-electron chi connectivity index (χ2n) is 1.36. The molecular formula is C3H3F5OZn. The molecule has 0 aliphatic carbocycles. The largest absolute Gasteiger partial charge is 0.455 e. The summed E-state index contributed by atoms with van der Waals surface area (Å²) in [6.07, 6.45) is -5.64. The van der Waals surface area contributed by atoms with Crippen molar-refractivity contribution in [1.29, 1.82) is 0 Å². The fourth-order valence-corrected chi connectivity index (χ4v) is 0.0896. The molecule has 0 aliphatic heterocycles. The molecule has 0 unspecified atom stereocenters. The van der Waals surface area contributed by atoms with Crippen LogP contribution in [0.25, 0.3) is 0 Å². The van der Waals surface area contributed by atoms with Gasteiger partial charge in [0.2, 0.25) is 0 Å². The molecule has 0 amide bonds. The fraction of sp³-hybridized carbons (Fsp3) is 1.00. The number of aliphatic hydroxyl groups is 1. The predicted molar refractivity (Wildman–Crippen MR) is 18.1 cm³/mol. The van der Waals surface area contributed by atoms with Gasteiger partial charge in [-0.2, -0.15) is 22.0 Å². The van der Waals surface area contributed by atoms with Crippen molar-refractivity contribution in [1.82, 2.24) is 0 Å². The zero-order valence-electron chi connectivity index (χ0n) is 4.75. The van der Waals surface area contributed by atoms with Crippen molar-refractivity contribution < 1.29 is 46.5 Å². The summed E-state index contributed by atoms with van der Waals surface area (Å²) in [5.74, 6) is -4.97. The van der Waals surface area contributed by atoms with Crippen molar-refractivity contribution in [2.75, 3.05) is 6.61 Å². The molecule has 0 atom stereocenters. The fourth-order valence-electron chi connectivity index (χ4n) is 0.0896. The summed E-state index contributed by atoms with van der Waals surface area (Å²) < 4.78 is 55.3. The first kappa shape index (κ1) is 12.9. The van der Waals surface area contributed by atoms with Crippen molar-refractivity contribution in [3.63, 3.8) is 0 Å². The molecule has 0 aromatic rings. The van der Waals surface area contributed by atoms with E-state index < -0.39 is 18.7 Å². The van der Waals surface area contributed by atoms with E-state index in [1.54, 1.807) is 0 Å². The summed E-state index contributed by atoms with van der Waals surface area (Å²) in [6.45, 7) is -2.20. The maximum absolute atomic E-state index is 11.3. The van der Waals surface area contributed by atoms with Gasteiger partial charge in [0.15, 0.2) is 0 Å². The number of halogens is 5. The summed E-state index contributed by atoms with van der Waals surface area (Å²) in [5, 5.41) is 7.46. The van der Waals surface area contributed by atoms with E-state index in [9.17, 15) is 22.0 Å². The SMILES string of the molecule is OCC(F)(F)C(F)(F)F.[Zn]. The van der Waals surface area contributed by atoms with Crippen LogP contribution in [0.1, 0.15) is 0 Å². The van der Waals surface area contributed by atoms with E-state index in [4.69, 9.17) is 5.11 Å². The monoisotopic (exact) mass is 214 g/mol. The van der Waals surface area contributed by atoms with Crippen LogP contribution in [0.15, 0.2) is 0 Å². The van der Waals surface area contributed by atoms with Gasteiger partial charge in [-0.3, -0.25) is 0 Å². The zero-order chi connectivity index (χ0) is 7.71. The Bertz CT molecular complexity index is 99.6. The van der Waals surface area contributed by atoms with Crippen molar-refractivity contribution >= 4 is 0 Å². The topological polar surface area (TPSA) is 20.2 Å². The summed E-state index contributed by atoms with van der Waals surface area (Å²) in [7, 11) is 0. The maximum atomic E-state index is 11.3. The van der Waals surface area contributed by atoms with Crippen molar-refractivity contribution in [3.8, 4) is 0 Å². The molecule has 58 valence electrons. The van der Waals surface area contributed by atoms with E-state index in [0.717, 1.165) is 0 Å². The predicted octanol–water partition coefficient (Wildman–Crippen LogP) is 1.17. The van der Waals surface area contributed by atoms with E-state index in [1.807, 2.05) is 0 Å². The number of alkyl halides is 5. The first-order chi connectivity index (χ1) is 3.81. The maximum Gasteiger partial charge on any atom is 0.455 e. The number of hydrogen-bond donors (Lipinski definition) is 1. The molecule has 1 nitrogen and oxygen atoms in total. The van der Waals surface area contributed by atoms with Gasteiger partial charge in [0, 0.05) is 19.5 Å². The average Bonchev–Trinajstić information content (AvgIpc) is 1.64. The quantitative estimate of drug-likeness (QED) is 0.514. The van der Waals surface area contributed by atoms with Crippen LogP contribution in [-0.2, 0) is 19.5 Å². The first-order valence-corrected chi connectivity index (χ1v) is 1.86. The van der Waals surface area contributed by atoms with Crippen LogP contribution in [0.5, 0.6) is 0 Å². The minimum absolute atomic E-state index is 0. The van der Waals surface area contributed by atoms with Gasteiger partial charge >= 0.3 is 12.1 Å². The molecule has 1 N–H and O–H groups in total. The van der Waals surface area contributed by atoms with Crippen LogP contribution in [0.2, 0.25) is 0 Å². The van der Waals surface area contributed by atoms with E-state index in [0.29, 0.717) is 0 Å². The Balaban J connectivity index is 0. The summed E-state index contributed by atoms with van der Waals surface area (Å²) in [5.41, 5.74) is 0. The number of aliphatic hydroxyl groups excluding tert-OH is 1. The Morgan fingerprint density at radius 1 is 1.00 bits per heavy atom. The molecule has 0 rings (SSSR count). The van der Waals surface area contributed by atoms with Gasteiger partial charge < -0.3 is 5.11 Å². The van der Waals surface area contributed by atoms with Crippen LogP contribution < -0.4 is 0 Å². The zero-order valence-corrected chi connectivity index (χ0v) is 7.72. The van der Waals surface area contributed by atoms with E-state index in [2.05, 4.69) is 0 Å². The van der Waals surface area contributed by atoms with Gasteiger partial charge in [-0.1, -0.05) is 0 Å². The molecule has 10 heavy (non-hydrogen) atoms. The van der Waals surface area contributed by atoms with Crippen molar-refractivity contribution in [2.24, 2.45) is 0 Å². The Kier molecular flexibility index (Phi) is 4.60. The molecule has 0 heterocycles. The molecule has 0 saturated heterocycles. The van der Waals surface area contributed by atoms with E-state index in [-0.39, 0.29) is 19.5 Å². The summed E-state index contributed by atoms with van der Waals surface area (Å²) in [4.78, 5) is 0. The molecule has 0 aromatic heterocycles. The van der Waals surface area contributed by atoms with E-state index >= 15 is 0 Å². The minimum atomic E-state index is -5.64. The second kappa shape index (κ2) is 3.57. The molecular weight excluding hydrogens is 212 g/mol. The van der Waals surface area contributed by atoms with Gasteiger partial charge in [0.25, 0.3) is 0 Å². The van der Waals surface area contributed by atoms with Crippen LogP contribution in [-0.4, -0.2) is 23.8 Å². The van der Waals surface area contributed by atoms with Crippen molar-refractivity contribution in [2.45, 2.75) is 12.1 Å². The van der Waals surface area contributed by atoms with E-state index in [1.165, 1.54) is 0 Å². The number of rotatable bonds is 1. The third-order valence-electron chi connectivity index (χ3n) is 0.613. The Morgan fingerprint density at radius 2 is 1.30 bits per heavy atom. The molecule has 0 fully saturated rings. The molecule has 0 saturated carbocycles. The van der Waals surface area contributed by atoms with Gasteiger partial charge in [0.1, 0.15) is 6.61 Å². The molecule has 0 radical (unpaired) electrons. The summed E-state index contributed by atoms with van der Waals surface area (Å²) >= 11 is 0. The summed E-state index contributed by atoms with van der Waals surface area (Å²) in [6, 6.07) is 0. The Hall–Kier alpha value is 0.233. The smallest absolute Gasteiger partial charge is 0.390 e. The third kappa shape index (κ3) is 2.88. The second-order valence-corrected chi connectivity index (χ2v) is 1.36. The molecule has 7 heteroatoms. The standard InChI is InChI=1S/C3H3F5O.Zn/c4-2(5,1-9)3(6,7)8;/h9H,1H2;. The Morgan fingerprint density at radius 3 is 1.30 bits per heavy atom. The van der Waals surface area contributed by atoms with Gasteiger partial charge in [-0.15, -0.1) is 0 Å². The van der Waals surface area contributed by atoms with Gasteiger partial charge in [0.05, 0.1) is 0 Å². The number of hydrogen-bond acceptors (Lipinski definition) is 1. The van der Waals surface area contributed by atoms with Crippen LogP contribution in [0.3, 0.4) is 0 Å². The van der Waals surface area contributed by atoms with Gasteiger partial charge in [-0.05, 0) is 0 Å². The average molecular weight is 215 g/mol. The van der Waals surface area contributed by atoms with Crippen LogP contribution >= 0.6 is 0 Å². The normalized spacial score (nSPS) is 12.6. The molecule has 0 spiro atoms. The van der Waals surface area contributed by atoms with Crippen LogP contribution in [0.4, 0.5) is 22.0 Å². The minimum Gasteiger partial charge on any atom is -0.390 e. The Labute approximate surface area is 66.0 Å². The van der Waals surface area contributed by atoms with Gasteiger partial charge in [-0.25, -0.2) is 0 Å². The molecule has 0 aromatic carbocycles. The van der Waals surface area contributed by atoms with Crippen LogP contribution in [0, 0.1) is 0 Å². The third-order valence-corrected chi connectivity index (χ3v) is 0.613. The molecule has 0 bridgehead atoms.